The Morgan fingerprint density at radius 2 is 1.90 bits per heavy atom. The fourth-order valence-corrected chi connectivity index (χ4v) is 3.07. The molecule has 0 spiro atoms. The molecule has 1 rings (SSSR count). The van der Waals surface area contributed by atoms with Crippen LogP contribution >= 0.6 is 0 Å². The molecule has 0 aromatic rings. The molecule has 2 N–H and O–H groups in total. The summed E-state index contributed by atoms with van der Waals surface area (Å²) in [4.78, 5) is 9.20. The second kappa shape index (κ2) is 9.26. The fourth-order valence-electron chi connectivity index (χ4n) is 3.07. The number of rotatable bonds is 7. The van der Waals surface area contributed by atoms with Gasteiger partial charge in [0.2, 0.25) is 0 Å². The molecule has 0 bridgehead atoms. The topological polar surface area (TPSA) is 42.9 Å². The summed E-state index contributed by atoms with van der Waals surface area (Å²) in [6.07, 6.45) is 1.29. The van der Waals surface area contributed by atoms with E-state index in [1.807, 2.05) is 7.05 Å². The monoisotopic (exact) mass is 297 g/mol. The smallest absolute Gasteiger partial charge is 0.191 e. The van der Waals surface area contributed by atoms with Crippen molar-refractivity contribution in [2.45, 2.75) is 46.2 Å². The van der Waals surface area contributed by atoms with Gasteiger partial charge < -0.3 is 15.5 Å². The average Bonchev–Trinajstić information content (AvgIpc) is 2.82. The van der Waals surface area contributed by atoms with Crippen molar-refractivity contribution in [2.75, 3.05) is 46.8 Å². The first-order chi connectivity index (χ1) is 9.93. The lowest BCUT2D eigenvalue weighted by atomic mass is 10.1. The van der Waals surface area contributed by atoms with Gasteiger partial charge in [-0.2, -0.15) is 0 Å². The normalized spacial score (nSPS) is 20.8. The minimum atomic E-state index is 0.579. The Labute approximate surface area is 131 Å². The molecule has 21 heavy (non-hydrogen) atoms. The van der Waals surface area contributed by atoms with Gasteiger partial charge in [0.25, 0.3) is 0 Å². The molecule has 1 aliphatic rings. The summed E-state index contributed by atoms with van der Waals surface area (Å²) in [6.45, 7) is 14.4. The molecule has 5 heteroatoms. The largest absolute Gasteiger partial charge is 0.356 e. The van der Waals surface area contributed by atoms with Crippen LogP contribution in [0.5, 0.6) is 0 Å². The maximum atomic E-state index is 4.32. The first-order valence-corrected chi connectivity index (χ1v) is 8.32. The van der Waals surface area contributed by atoms with Crippen molar-refractivity contribution in [1.82, 2.24) is 20.4 Å². The van der Waals surface area contributed by atoms with Crippen LogP contribution in [0.15, 0.2) is 4.99 Å². The van der Waals surface area contributed by atoms with Crippen LogP contribution in [0.2, 0.25) is 0 Å². The maximum absolute atomic E-state index is 4.32. The number of nitrogens with one attached hydrogen (secondary N) is 2. The highest BCUT2D eigenvalue weighted by atomic mass is 15.2. The van der Waals surface area contributed by atoms with Crippen LogP contribution < -0.4 is 10.6 Å². The van der Waals surface area contributed by atoms with Crippen LogP contribution in [-0.4, -0.2) is 74.7 Å². The van der Waals surface area contributed by atoms with Crippen molar-refractivity contribution in [1.29, 1.82) is 0 Å². The molecule has 1 saturated heterocycles. The Hall–Kier alpha value is -0.810. The molecule has 0 aliphatic carbocycles. The molecule has 0 aromatic heterocycles. The predicted octanol–water partition coefficient (Wildman–Crippen LogP) is 1.22. The molecule has 5 nitrogen and oxygen atoms in total. The fraction of sp³-hybridized carbons (Fsp3) is 0.938. The summed E-state index contributed by atoms with van der Waals surface area (Å²) >= 11 is 0. The van der Waals surface area contributed by atoms with E-state index in [9.17, 15) is 0 Å². The maximum Gasteiger partial charge on any atom is 0.191 e. The van der Waals surface area contributed by atoms with E-state index in [4.69, 9.17) is 0 Å². The Balaban J connectivity index is 2.25. The van der Waals surface area contributed by atoms with Gasteiger partial charge in [0, 0.05) is 45.3 Å². The second-order valence-electron chi connectivity index (χ2n) is 6.72. The third kappa shape index (κ3) is 6.66. The lowest BCUT2D eigenvalue weighted by Crippen LogP contribution is -2.46. The molecular formula is C16H35N5. The van der Waals surface area contributed by atoms with Crippen LogP contribution in [-0.2, 0) is 0 Å². The molecular weight excluding hydrogens is 262 g/mol. The quantitative estimate of drug-likeness (QED) is 0.548. The van der Waals surface area contributed by atoms with Gasteiger partial charge >= 0.3 is 0 Å². The molecule has 1 aliphatic heterocycles. The molecule has 0 radical (unpaired) electrons. The van der Waals surface area contributed by atoms with Gasteiger partial charge in [0.15, 0.2) is 5.96 Å². The molecule has 1 heterocycles. The highest BCUT2D eigenvalue weighted by molar-refractivity contribution is 5.79. The standard InChI is InChI=1S/C16H35N5/c1-13(2)21(14(3)4)10-8-18-16(17-5)19-11-15-7-9-20(6)12-15/h13-15H,7-12H2,1-6H3,(H2,17,18,19). The summed E-state index contributed by atoms with van der Waals surface area (Å²) in [6, 6.07) is 1.16. The number of hydrogen-bond donors (Lipinski definition) is 2. The number of guanidine groups is 1. The molecule has 124 valence electrons. The number of likely N-dealkylation sites (tertiary alicyclic amines) is 1. The van der Waals surface area contributed by atoms with Crippen molar-refractivity contribution in [2.24, 2.45) is 10.9 Å². The van der Waals surface area contributed by atoms with E-state index in [1.54, 1.807) is 0 Å². The van der Waals surface area contributed by atoms with Gasteiger partial charge in [-0.05, 0) is 53.6 Å². The number of hydrogen-bond acceptors (Lipinski definition) is 3. The van der Waals surface area contributed by atoms with Crippen LogP contribution in [0.1, 0.15) is 34.1 Å². The summed E-state index contributed by atoms with van der Waals surface area (Å²) in [5.41, 5.74) is 0. The van der Waals surface area contributed by atoms with Gasteiger partial charge in [0.1, 0.15) is 0 Å². The average molecular weight is 297 g/mol. The minimum absolute atomic E-state index is 0.579. The third-order valence-corrected chi connectivity index (χ3v) is 4.26. The highest BCUT2D eigenvalue weighted by Crippen LogP contribution is 2.12. The summed E-state index contributed by atoms with van der Waals surface area (Å²) in [7, 11) is 4.04. The number of nitrogens with zero attached hydrogens (tertiary/aromatic N) is 3. The van der Waals surface area contributed by atoms with Crippen molar-refractivity contribution in [3.8, 4) is 0 Å². The highest BCUT2D eigenvalue weighted by Gasteiger charge is 2.19. The van der Waals surface area contributed by atoms with Crippen LogP contribution in [0, 0.1) is 5.92 Å². The first-order valence-electron chi connectivity index (χ1n) is 8.32. The summed E-state index contributed by atoms with van der Waals surface area (Å²) < 4.78 is 0. The van der Waals surface area contributed by atoms with Crippen LogP contribution in [0.25, 0.3) is 0 Å². The van der Waals surface area contributed by atoms with E-state index in [1.165, 1.54) is 19.5 Å². The second-order valence-corrected chi connectivity index (χ2v) is 6.72. The lowest BCUT2D eigenvalue weighted by Gasteiger charge is -2.30. The summed E-state index contributed by atoms with van der Waals surface area (Å²) in [5, 5.41) is 6.89. The van der Waals surface area contributed by atoms with Gasteiger partial charge in [-0.25, -0.2) is 0 Å². The van der Waals surface area contributed by atoms with E-state index in [2.05, 4.69) is 60.2 Å². The predicted molar refractivity (Wildman–Crippen MR) is 91.9 cm³/mol. The van der Waals surface area contributed by atoms with Crippen molar-refractivity contribution < 1.29 is 0 Å². The van der Waals surface area contributed by atoms with Gasteiger partial charge in [0.05, 0.1) is 0 Å². The first kappa shape index (κ1) is 18.2. The molecule has 0 amide bonds. The SMILES string of the molecule is CN=C(NCCN(C(C)C)C(C)C)NCC1CCN(C)C1. The Morgan fingerprint density at radius 1 is 1.24 bits per heavy atom. The molecule has 0 saturated carbocycles. The zero-order chi connectivity index (χ0) is 15.8. The van der Waals surface area contributed by atoms with Gasteiger partial charge in [-0.1, -0.05) is 0 Å². The third-order valence-electron chi connectivity index (χ3n) is 4.26. The Morgan fingerprint density at radius 3 is 2.38 bits per heavy atom. The molecule has 1 atom stereocenters. The van der Waals surface area contributed by atoms with Crippen molar-refractivity contribution in [3.05, 3.63) is 0 Å². The van der Waals surface area contributed by atoms with Crippen LogP contribution in [0.3, 0.4) is 0 Å². The van der Waals surface area contributed by atoms with E-state index in [0.717, 1.165) is 31.5 Å². The van der Waals surface area contributed by atoms with E-state index < -0.39 is 0 Å². The van der Waals surface area contributed by atoms with Gasteiger partial charge in [-0.15, -0.1) is 0 Å². The molecule has 1 fully saturated rings. The Bertz CT molecular complexity index is 306. The van der Waals surface area contributed by atoms with Crippen molar-refractivity contribution in [3.63, 3.8) is 0 Å². The van der Waals surface area contributed by atoms with E-state index in [0.29, 0.717) is 12.1 Å². The minimum Gasteiger partial charge on any atom is -0.356 e. The number of aliphatic imine (C=N–C) groups is 1. The lowest BCUT2D eigenvalue weighted by molar-refractivity contribution is 0.178. The Kier molecular flexibility index (Phi) is 8.04. The van der Waals surface area contributed by atoms with E-state index in [-0.39, 0.29) is 0 Å². The van der Waals surface area contributed by atoms with Crippen molar-refractivity contribution >= 4 is 5.96 Å². The molecule has 1 unspecified atom stereocenters. The summed E-state index contributed by atoms with van der Waals surface area (Å²) in [5.74, 6) is 1.67. The van der Waals surface area contributed by atoms with E-state index >= 15 is 0 Å². The molecule has 0 aromatic carbocycles. The zero-order valence-corrected chi connectivity index (χ0v) is 14.8. The van der Waals surface area contributed by atoms with Crippen LogP contribution in [0.4, 0.5) is 0 Å². The van der Waals surface area contributed by atoms with Gasteiger partial charge in [-0.3, -0.25) is 9.89 Å². The zero-order valence-electron chi connectivity index (χ0n) is 14.8.